The first-order valence-electron chi connectivity index (χ1n) is 7.90. The molecule has 1 aliphatic heterocycles. The van der Waals surface area contributed by atoms with E-state index in [1.807, 2.05) is 35.2 Å². The van der Waals surface area contributed by atoms with Gasteiger partial charge in [0.1, 0.15) is 0 Å². The number of likely N-dealkylation sites (tertiary alicyclic amines) is 1. The summed E-state index contributed by atoms with van der Waals surface area (Å²) < 4.78 is 5.96. The maximum Gasteiger partial charge on any atom is 0.248 e. The summed E-state index contributed by atoms with van der Waals surface area (Å²) in [5.74, 6) is 1.34. The Morgan fingerprint density at radius 3 is 3.04 bits per heavy atom. The summed E-state index contributed by atoms with van der Waals surface area (Å²) in [5, 5.41) is 12.6. The fourth-order valence-corrected chi connectivity index (χ4v) is 3.66. The van der Waals surface area contributed by atoms with Crippen LogP contribution in [0.1, 0.15) is 36.9 Å². The molecule has 118 valence electrons. The van der Waals surface area contributed by atoms with Gasteiger partial charge < -0.3 is 4.42 Å². The Balaban J connectivity index is 1.55. The average Bonchev–Trinajstić information content (AvgIpc) is 3.28. The van der Waals surface area contributed by atoms with Crippen molar-refractivity contribution in [3.8, 4) is 11.5 Å². The van der Waals surface area contributed by atoms with Gasteiger partial charge in [0.15, 0.2) is 0 Å². The van der Waals surface area contributed by atoms with Crippen LogP contribution in [0.5, 0.6) is 0 Å². The molecule has 0 radical (unpaired) electrons. The Morgan fingerprint density at radius 2 is 2.22 bits per heavy atom. The topological polar surface area (TPSA) is 55.1 Å². The van der Waals surface area contributed by atoms with Gasteiger partial charge >= 0.3 is 0 Å². The predicted octanol–water partition coefficient (Wildman–Crippen LogP) is 3.92. The lowest BCUT2D eigenvalue weighted by Crippen LogP contribution is -2.33. The summed E-state index contributed by atoms with van der Waals surface area (Å²) >= 11 is 1.64. The van der Waals surface area contributed by atoms with Crippen LogP contribution < -0.4 is 0 Å². The Morgan fingerprint density at radius 1 is 1.22 bits per heavy atom. The molecule has 23 heavy (non-hydrogen) atoms. The highest BCUT2D eigenvalue weighted by Gasteiger charge is 2.29. The Hall–Kier alpha value is -2.05. The molecule has 1 aliphatic rings. The minimum absolute atomic E-state index is 0.186. The van der Waals surface area contributed by atoms with Crippen LogP contribution >= 0.6 is 11.3 Å². The van der Waals surface area contributed by atoms with E-state index in [4.69, 9.17) is 4.42 Å². The molecule has 1 unspecified atom stereocenters. The molecule has 0 aliphatic carbocycles. The molecular formula is C17H18N4OS. The van der Waals surface area contributed by atoms with Crippen molar-refractivity contribution in [2.24, 2.45) is 0 Å². The molecule has 3 aromatic rings. The highest BCUT2D eigenvalue weighted by atomic mass is 32.1. The van der Waals surface area contributed by atoms with E-state index in [9.17, 15) is 0 Å². The van der Waals surface area contributed by atoms with Crippen molar-refractivity contribution >= 4 is 11.3 Å². The van der Waals surface area contributed by atoms with Gasteiger partial charge in [-0.1, -0.05) is 12.5 Å². The third-order valence-corrected chi connectivity index (χ3v) is 4.88. The van der Waals surface area contributed by atoms with E-state index >= 15 is 0 Å². The van der Waals surface area contributed by atoms with Gasteiger partial charge in [0.2, 0.25) is 11.8 Å². The molecule has 1 saturated heterocycles. The van der Waals surface area contributed by atoms with Crippen molar-refractivity contribution in [2.45, 2.75) is 31.8 Å². The molecule has 3 aromatic heterocycles. The zero-order valence-corrected chi connectivity index (χ0v) is 13.6. The second-order valence-electron chi connectivity index (χ2n) is 5.76. The number of hydrogen-bond donors (Lipinski definition) is 0. The summed E-state index contributed by atoms with van der Waals surface area (Å²) in [5.41, 5.74) is 2.08. The van der Waals surface area contributed by atoms with Gasteiger partial charge in [-0.2, -0.15) is 11.3 Å². The predicted molar refractivity (Wildman–Crippen MR) is 88.9 cm³/mol. The maximum atomic E-state index is 5.96. The standard InChI is InChI=1S/C17H18N4OS/c1-3-8-18-14(5-1)11-21-9-4-2-6-15(21)17-20-19-16(22-17)13-7-10-23-12-13/h1,3,5,7-8,10,12,15H,2,4,6,9,11H2. The van der Waals surface area contributed by atoms with Gasteiger partial charge in [-0.05, 0) is 43.0 Å². The Bertz CT molecular complexity index is 741. The second-order valence-corrected chi connectivity index (χ2v) is 6.54. The summed E-state index contributed by atoms with van der Waals surface area (Å²) in [6.45, 7) is 1.86. The number of nitrogens with zero attached hydrogens (tertiary/aromatic N) is 4. The van der Waals surface area contributed by atoms with Crippen LogP contribution in [-0.2, 0) is 6.54 Å². The number of hydrogen-bond acceptors (Lipinski definition) is 6. The fourth-order valence-electron chi connectivity index (χ4n) is 3.03. The lowest BCUT2D eigenvalue weighted by atomic mass is 10.0. The first kappa shape index (κ1) is 14.5. The molecule has 5 nitrogen and oxygen atoms in total. The van der Waals surface area contributed by atoms with Gasteiger partial charge in [-0.3, -0.25) is 9.88 Å². The summed E-state index contributed by atoms with van der Waals surface area (Å²) in [4.78, 5) is 6.84. The van der Waals surface area contributed by atoms with Crippen molar-refractivity contribution in [1.82, 2.24) is 20.1 Å². The lowest BCUT2D eigenvalue weighted by Gasteiger charge is -2.33. The number of thiophene rings is 1. The van der Waals surface area contributed by atoms with Crippen LogP contribution in [0.15, 0.2) is 45.6 Å². The zero-order chi connectivity index (χ0) is 15.5. The van der Waals surface area contributed by atoms with Crippen molar-refractivity contribution in [3.05, 3.63) is 52.8 Å². The van der Waals surface area contributed by atoms with Crippen molar-refractivity contribution in [2.75, 3.05) is 6.54 Å². The van der Waals surface area contributed by atoms with Gasteiger partial charge in [-0.25, -0.2) is 0 Å². The molecule has 0 N–H and O–H groups in total. The number of piperidine rings is 1. The molecule has 6 heteroatoms. The van der Waals surface area contributed by atoms with E-state index in [-0.39, 0.29) is 6.04 Å². The molecule has 1 atom stereocenters. The van der Waals surface area contributed by atoms with E-state index in [0.717, 1.165) is 36.7 Å². The number of aromatic nitrogens is 3. The molecule has 0 amide bonds. The van der Waals surface area contributed by atoms with E-state index in [0.29, 0.717) is 5.89 Å². The average molecular weight is 326 g/mol. The molecular weight excluding hydrogens is 308 g/mol. The van der Waals surface area contributed by atoms with E-state index < -0.39 is 0 Å². The Kier molecular flexibility index (Phi) is 4.17. The lowest BCUT2D eigenvalue weighted by molar-refractivity contribution is 0.117. The normalized spacial score (nSPS) is 19.0. The highest BCUT2D eigenvalue weighted by molar-refractivity contribution is 7.08. The van der Waals surface area contributed by atoms with Crippen LogP contribution in [0.4, 0.5) is 0 Å². The second kappa shape index (κ2) is 6.60. The summed E-state index contributed by atoms with van der Waals surface area (Å²) in [6, 6.07) is 8.24. The van der Waals surface area contributed by atoms with Crippen LogP contribution in [-0.4, -0.2) is 26.6 Å². The smallest absolute Gasteiger partial charge is 0.248 e. The van der Waals surface area contributed by atoms with Gasteiger partial charge in [0.05, 0.1) is 11.7 Å². The highest BCUT2D eigenvalue weighted by Crippen LogP contribution is 2.32. The summed E-state index contributed by atoms with van der Waals surface area (Å²) in [7, 11) is 0. The largest absolute Gasteiger partial charge is 0.419 e. The van der Waals surface area contributed by atoms with E-state index in [2.05, 4.69) is 26.1 Å². The van der Waals surface area contributed by atoms with Gasteiger partial charge in [0, 0.05) is 23.7 Å². The first-order valence-corrected chi connectivity index (χ1v) is 8.84. The summed E-state index contributed by atoms with van der Waals surface area (Å²) in [6.07, 6.45) is 5.29. The SMILES string of the molecule is c1ccc(CN2CCCCC2c2nnc(-c3ccsc3)o2)nc1. The molecule has 4 heterocycles. The molecule has 4 rings (SSSR count). The van der Waals surface area contributed by atoms with Gasteiger partial charge in [0.25, 0.3) is 0 Å². The molecule has 1 fully saturated rings. The monoisotopic (exact) mass is 326 g/mol. The van der Waals surface area contributed by atoms with Crippen molar-refractivity contribution < 1.29 is 4.42 Å². The van der Waals surface area contributed by atoms with Crippen molar-refractivity contribution in [3.63, 3.8) is 0 Å². The molecule has 0 spiro atoms. The molecule has 0 saturated carbocycles. The number of rotatable bonds is 4. The third-order valence-electron chi connectivity index (χ3n) is 4.20. The maximum absolute atomic E-state index is 5.96. The fraction of sp³-hybridized carbons (Fsp3) is 0.353. The number of pyridine rings is 1. The quantitative estimate of drug-likeness (QED) is 0.727. The van der Waals surface area contributed by atoms with E-state index in [1.165, 1.54) is 12.8 Å². The van der Waals surface area contributed by atoms with Crippen LogP contribution in [0.3, 0.4) is 0 Å². The van der Waals surface area contributed by atoms with Crippen LogP contribution in [0, 0.1) is 0 Å². The molecule has 0 bridgehead atoms. The third kappa shape index (κ3) is 3.18. The minimum Gasteiger partial charge on any atom is -0.419 e. The zero-order valence-electron chi connectivity index (χ0n) is 12.8. The van der Waals surface area contributed by atoms with E-state index in [1.54, 1.807) is 11.3 Å². The van der Waals surface area contributed by atoms with Crippen LogP contribution in [0.2, 0.25) is 0 Å². The van der Waals surface area contributed by atoms with Crippen molar-refractivity contribution in [1.29, 1.82) is 0 Å². The van der Waals surface area contributed by atoms with Crippen LogP contribution in [0.25, 0.3) is 11.5 Å². The minimum atomic E-state index is 0.186. The Labute approximate surface area is 139 Å². The van der Waals surface area contributed by atoms with Gasteiger partial charge in [-0.15, -0.1) is 10.2 Å². The molecule has 0 aromatic carbocycles. The first-order chi connectivity index (χ1) is 11.4.